The highest BCUT2D eigenvalue weighted by atomic mass is 32.2. The van der Waals surface area contributed by atoms with E-state index in [9.17, 15) is 14.7 Å². The Morgan fingerprint density at radius 1 is 1.07 bits per heavy atom. The van der Waals surface area contributed by atoms with Crippen LogP contribution in [0.5, 0.6) is 0 Å². The van der Waals surface area contributed by atoms with Gasteiger partial charge in [0, 0.05) is 16.1 Å². The van der Waals surface area contributed by atoms with Gasteiger partial charge < -0.3 is 10.4 Å². The first-order valence-corrected chi connectivity index (χ1v) is 10.8. The third-order valence-corrected chi connectivity index (χ3v) is 5.96. The Bertz CT molecular complexity index is 1130. The highest BCUT2D eigenvalue weighted by molar-refractivity contribution is 7.98. The van der Waals surface area contributed by atoms with Crippen LogP contribution < -0.4 is 10.2 Å². The topological polar surface area (TPSA) is 69.6 Å². The number of aryl methyl sites for hydroxylation is 1. The van der Waals surface area contributed by atoms with E-state index in [1.807, 2.05) is 43.5 Å². The van der Waals surface area contributed by atoms with E-state index in [0.29, 0.717) is 22.5 Å². The van der Waals surface area contributed by atoms with Crippen LogP contribution in [0.25, 0.3) is 0 Å². The molecule has 0 radical (unpaired) electrons. The Balaban J connectivity index is 1.64. The SMILES string of the molecule is CSc1cccc(NC(=O)CN2C(=O)C(O)(c3cccc(C)c3)c3ccccc32)c1. The number of para-hydroxylation sites is 1. The number of hydrogen-bond donors (Lipinski definition) is 2. The number of carbonyl (C=O) groups is 2. The first-order valence-electron chi connectivity index (χ1n) is 9.58. The Kier molecular flexibility index (Phi) is 5.37. The van der Waals surface area contributed by atoms with Gasteiger partial charge in [0.15, 0.2) is 5.60 Å². The number of fused-ring (bicyclic) bond motifs is 1. The van der Waals surface area contributed by atoms with E-state index in [0.717, 1.165) is 10.5 Å². The molecule has 6 heteroatoms. The van der Waals surface area contributed by atoms with Gasteiger partial charge in [0.2, 0.25) is 5.91 Å². The standard InChI is InChI=1S/C24H22N2O3S/c1-16-7-5-8-17(13-16)24(29)20-11-3-4-12-21(20)26(23(24)28)15-22(27)25-18-9-6-10-19(14-18)30-2/h3-14,29H,15H2,1-2H3,(H,25,27). The van der Waals surface area contributed by atoms with Gasteiger partial charge >= 0.3 is 0 Å². The highest BCUT2D eigenvalue weighted by Crippen LogP contribution is 2.44. The zero-order chi connectivity index (χ0) is 21.3. The van der Waals surface area contributed by atoms with E-state index < -0.39 is 11.5 Å². The van der Waals surface area contributed by atoms with Crippen molar-refractivity contribution in [2.75, 3.05) is 23.0 Å². The number of anilines is 2. The number of nitrogens with one attached hydrogen (secondary N) is 1. The number of rotatable bonds is 5. The fourth-order valence-electron chi connectivity index (χ4n) is 3.79. The van der Waals surface area contributed by atoms with Gasteiger partial charge in [-0.3, -0.25) is 14.5 Å². The maximum absolute atomic E-state index is 13.4. The monoisotopic (exact) mass is 418 g/mol. The maximum atomic E-state index is 13.4. The molecule has 3 aromatic rings. The zero-order valence-electron chi connectivity index (χ0n) is 16.8. The lowest BCUT2D eigenvalue weighted by Crippen LogP contribution is -2.44. The van der Waals surface area contributed by atoms with Crippen molar-refractivity contribution in [3.05, 3.63) is 89.5 Å². The Morgan fingerprint density at radius 2 is 1.83 bits per heavy atom. The molecule has 0 fully saturated rings. The second-order valence-electron chi connectivity index (χ2n) is 7.27. The Morgan fingerprint density at radius 3 is 2.60 bits per heavy atom. The summed E-state index contributed by atoms with van der Waals surface area (Å²) in [5.41, 5.74) is 1.31. The summed E-state index contributed by atoms with van der Waals surface area (Å²) >= 11 is 1.58. The minimum absolute atomic E-state index is 0.187. The summed E-state index contributed by atoms with van der Waals surface area (Å²) in [5.74, 6) is -0.854. The molecule has 0 saturated heterocycles. The van der Waals surface area contributed by atoms with Crippen molar-refractivity contribution in [2.45, 2.75) is 17.4 Å². The second kappa shape index (κ2) is 7.97. The molecule has 152 valence electrons. The number of nitrogens with zero attached hydrogens (tertiary/aromatic N) is 1. The third-order valence-electron chi connectivity index (χ3n) is 5.23. The number of amides is 2. The van der Waals surface area contributed by atoms with Crippen LogP contribution in [0.4, 0.5) is 11.4 Å². The van der Waals surface area contributed by atoms with E-state index in [1.54, 1.807) is 54.2 Å². The normalized spacial score (nSPS) is 17.7. The number of thioether (sulfide) groups is 1. The second-order valence-corrected chi connectivity index (χ2v) is 8.15. The number of aliphatic hydroxyl groups is 1. The molecule has 4 rings (SSSR count). The zero-order valence-corrected chi connectivity index (χ0v) is 17.6. The summed E-state index contributed by atoms with van der Waals surface area (Å²) in [4.78, 5) is 28.5. The molecule has 1 atom stereocenters. The van der Waals surface area contributed by atoms with Crippen molar-refractivity contribution in [3.8, 4) is 0 Å². The van der Waals surface area contributed by atoms with Gasteiger partial charge in [-0.15, -0.1) is 11.8 Å². The van der Waals surface area contributed by atoms with Gasteiger partial charge in [-0.25, -0.2) is 0 Å². The summed E-state index contributed by atoms with van der Waals surface area (Å²) in [6.07, 6.45) is 1.97. The molecule has 0 spiro atoms. The van der Waals surface area contributed by atoms with E-state index in [2.05, 4.69) is 5.32 Å². The van der Waals surface area contributed by atoms with Crippen LogP contribution in [0.1, 0.15) is 16.7 Å². The Hall–Kier alpha value is -3.09. The molecule has 0 aliphatic carbocycles. The van der Waals surface area contributed by atoms with E-state index in [4.69, 9.17) is 0 Å². The molecule has 30 heavy (non-hydrogen) atoms. The third kappa shape index (κ3) is 3.49. The van der Waals surface area contributed by atoms with Crippen LogP contribution in [0, 0.1) is 6.92 Å². The molecular weight excluding hydrogens is 396 g/mol. The molecule has 1 aliphatic rings. The van der Waals surface area contributed by atoms with Crippen LogP contribution in [-0.4, -0.2) is 29.7 Å². The minimum atomic E-state index is -1.82. The molecule has 3 aromatic carbocycles. The maximum Gasteiger partial charge on any atom is 0.268 e. The summed E-state index contributed by atoms with van der Waals surface area (Å²) in [5, 5.41) is 14.4. The molecule has 2 N–H and O–H groups in total. The lowest BCUT2D eigenvalue weighted by atomic mass is 9.87. The fourth-order valence-corrected chi connectivity index (χ4v) is 4.25. The van der Waals surface area contributed by atoms with Gasteiger partial charge in [-0.05, 0) is 43.0 Å². The summed E-state index contributed by atoms with van der Waals surface area (Å²) < 4.78 is 0. The average Bonchev–Trinajstić information content (AvgIpc) is 2.97. The van der Waals surface area contributed by atoms with Gasteiger partial charge in [0.25, 0.3) is 5.91 Å². The van der Waals surface area contributed by atoms with Gasteiger partial charge in [-0.1, -0.05) is 54.1 Å². The molecule has 1 aliphatic heterocycles. The summed E-state index contributed by atoms with van der Waals surface area (Å²) in [7, 11) is 0. The minimum Gasteiger partial charge on any atom is -0.372 e. The van der Waals surface area contributed by atoms with Crippen molar-refractivity contribution in [2.24, 2.45) is 0 Å². The molecule has 0 bridgehead atoms. The van der Waals surface area contributed by atoms with Crippen molar-refractivity contribution in [3.63, 3.8) is 0 Å². The number of hydrogen-bond acceptors (Lipinski definition) is 4. The Labute approximate surface area is 179 Å². The van der Waals surface area contributed by atoms with E-state index in [-0.39, 0.29) is 12.5 Å². The predicted octanol–water partition coefficient (Wildman–Crippen LogP) is 3.94. The van der Waals surface area contributed by atoms with Gasteiger partial charge in [-0.2, -0.15) is 0 Å². The first-order chi connectivity index (χ1) is 14.4. The molecule has 2 amide bonds. The first kappa shape index (κ1) is 20.2. The molecule has 0 saturated carbocycles. The highest BCUT2D eigenvalue weighted by Gasteiger charge is 2.51. The van der Waals surface area contributed by atoms with Gasteiger partial charge in [0.05, 0.1) is 5.69 Å². The van der Waals surface area contributed by atoms with Crippen molar-refractivity contribution < 1.29 is 14.7 Å². The molecule has 1 unspecified atom stereocenters. The summed E-state index contributed by atoms with van der Waals surface area (Å²) in [6.45, 7) is 1.72. The van der Waals surface area contributed by atoms with Crippen LogP contribution in [0.3, 0.4) is 0 Å². The predicted molar refractivity (Wildman–Crippen MR) is 120 cm³/mol. The summed E-state index contributed by atoms with van der Waals surface area (Å²) in [6, 6.07) is 21.8. The van der Waals surface area contributed by atoms with Gasteiger partial charge in [0.1, 0.15) is 6.54 Å². The van der Waals surface area contributed by atoms with E-state index in [1.165, 1.54) is 4.90 Å². The van der Waals surface area contributed by atoms with Crippen LogP contribution in [0.2, 0.25) is 0 Å². The average molecular weight is 419 g/mol. The van der Waals surface area contributed by atoms with Crippen LogP contribution >= 0.6 is 11.8 Å². The van der Waals surface area contributed by atoms with Crippen LogP contribution in [0.15, 0.2) is 77.7 Å². The smallest absolute Gasteiger partial charge is 0.268 e. The van der Waals surface area contributed by atoms with E-state index >= 15 is 0 Å². The molecular formula is C24H22N2O3S. The number of benzene rings is 3. The lowest BCUT2D eigenvalue weighted by Gasteiger charge is -2.24. The van der Waals surface area contributed by atoms with Crippen LogP contribution in [-0.2, 0) is 15.2 Å². The fraction of sp³-hybridized carbons (Fsp3) is 0.167. The van der Waals surface area contributed by atoms with Crippen molar-refractivity contribution in [1.29, 1.82) is 0 Å². The van der Waals surface area contributed by atoms with Crippen molar-refractivity contribution >= 4 is 35.0 Å². The molecule has 0 aromatic heterocycles. The largest absolute Gasteiger partial charge is 0.372 e. The quantitative estimate of drug-likeness (QED) is 0.616. The number of carbonyl (C=O) groups excluding carboxylic acids is 2. The molecule has 1 heterocycles. The molecule has 5 nitrogen and oxygen atoms in total. The van der Waals surface area contributed by atoms with Crippen molar-refractivity contribution in [1.82, 2.24) is 0 Å². The lowest BCUT2D eigenvalue weighted by molar-refractivity contribution is -0.133.